The molecule has 0 radical (unpaired) electrons. The molecule has 0 aliphatic rings. The minimum atomic E-state index is -0.607. The first-order valence-corrected chi connectivity index (χ1v) is 9.59. The van der Waals surface area contributed by atoms with Crippen LogP contribution in [0, 0.1) is 5.41 Å². The van der Waals surface area contributed by atoms with Crippen molar-refractivity contribution in [1.29, 1.82) is 0 Å². The third-order valence-electron chi connectivity index (χ3n) is 3.74. The number of rotatable bonds is 5. The minimum absolute atomic E-state index is 0.260. The number of amides is 1. The summed E-state index contributed by atoms with van der Waals surface area (Å²) in [5.41, 5.74) is 0.0492. The van der Waals surface area contributed by atoms with E-state index in [0.717, 1.165) is 19.4 Å². The average molecular weight is 410 g/mol. The van der Waals surface area contributed by atoms with Gasteiger partial charge in [-0.15, -0.1) is 0 Å². The van der Waals surface area contributed by atoms with Gasteiger partial charge in [0.25, 0.3) is 5.91 Å². The summed E-state index contributed by atoms with van der Waals surface area (Å²) in [5.74, 6) is 0.623. The normalized spacial score (nSPS) is 12.1. The third-order valence-corrected chi connectivity index (χ3v) is 4.47. The van der Waals surface area contributed by atoms with E-state index in [4.69, 9.17) is 23.2 Å². The molecule has 2 N–H and O–H groups in total. The fourth-order valence-corrected chi connectivity index (χ4v) is 2.41. The number of guanidine groups is 1. The number of aliphatic imine (C=N–C) groups is 1. The zero-order valence-corrected chi connectivity index (χ0v) is 17.5. The molecule has 0 fully saturated rings. The Labute approximate surface area is 170 Å². The number of aromatic nitrogens is 2. The van der Waals surface area contributed by atoms with Crippen LogP contribution >= 0.6 is 23.2 Å². The van der Waals surface area contributed by atoms with Gasteiger partial charge >= 0.3 is 0 Å². The molecular weight excluding hydrogens is 385 g/mol. The Balaban J connectivity index is 2.30. The number of anilines is 2. The monoisotopic (exact) mass is 409 g/mol. The average Bonchev–Trinajstić information content (AvgIpc) is 3.02. The van der Waals surface area contributed by atoms with Crippen LogP contribution in [0.15, 0.2) is 35.6 Å². The number of hydrogen-bond donors (Lipinski definition) is 2. The van der Waals surface area contributed by atoms with Gasteiger partial charge in [-0.2, -0.15) is 4.99 Å². The maximum absolute atomic E-state index is 12.4. The molecule has 0 atom stereocenters. The third kappa shape index (κ3) is 6.26. The molecule has 0 unspecified atom stereocenters. The molecule has 0 spiro atoms. The number of carbonyl (C=O) groups excluding carboxylic acids is 1. The van der Waals surface area contributed by atoms with Gasteiger partial charge in [0.05, 0.1) is 10.0 Å². The molecule has 8 heteroatoms. The van der Waals surface area contributed by atoms with E-state index >= 15 is 0 Å². The van der Waals surface area contributed by atoms with Gasteiger partial charge < -0.3 is 9.88 Å². The summed E-state index contributed by atoms with van der Waals surface area (Å²) in [6, 6.07) is 5.11. The van der Waals surface area contributed by atoms with Crippen molar-refractivity contribution in [2.75, 3.05) is 10.6 Å². The number of halogens is 2. The first-order chi connectivity index (χ1) is 12.7. The van der Waals surface area contributed by atoms with E-state index in [2.05, 4.69) is 27.5 Å². The van der Waals surface area contributed by atoms with Gasteiger partial charge in [-0.25, -0.2) is 4.98 Å². The van der Waals surface area contributed by atoms with Crippen molar-refractivity contribution in [3.63, 3.8) is 0 Å². The number of nitrogens with zero attached hydrogens (tertiary/aromatic N) is 3. The molecule has 27 heavy (non-hydrogen) atoms. The number of benzene rings is 1. The van der Waals surface area contributed by atoms with E-state index in [9.17, 15) is 4.79 Å². The van der Waals surface area contributed by atoms with Crippen LogP contribution < -0.4 is 10.6 Å². The molecule has 0 bridgehead atoms. The number of unbranched alkanes of at least 4 members (excludes halogenated alkanes) is 1. The zero-order chi connectivity index (χ0) is 20.0. The Hall–Kier alpha value is -2.05. The predicted molar refractivity (Wildman–Crippen MR) is 113 cm³/mol. The molecule has 1 heterocycles. The SMILES string of the molecule is CCCCn1ccnc1N/C(=N\C(=O)C(C)(C)C)Nc1ccc(Cl)c(Cl)c1. The lowest BCUT2D eigenvalue weighted by molar-refractivity contribution is -0.124. The fraction of sp³-hybridized carbons (Fsp3) is 0.421. The largest absolute Gasteiger partial charge is 0.326 e. The van der Waals surface area contributed by atoms with Crippen LogP contribution in [0.1, 0.15) is 40.5 Å². The molecule has 0 saturated carbocycles. The molecule has 1 amide bonds. The molecule has 1 aromatic carbocycles. The van der Waals surface area contributed by atoms with Crippen molar-refractivity contribution >= 4 is 46.7 Å². The standard InChI is InChI=1S/C19H25Cl2N5O/c1-5-6-10-26-11-9-22-18(26)25-17(24-16(27)19(2,3)4)23-13-7-8-14(20)15(21)12-13/h7-9,11-12H,5-6,10H2,1-4H3,(H2,22,23,24,25,27). The second-order valence-corrected chi connectivity index (χ2v) is 8.01. The second-order valence-electron chi connectivity index (χ2n) is 7.19. The molecule has 0 aliphatic heterocycles. The van der Waals surface area contributed by atoms with E-state index < -0.39 is 5.41 Å². The van der Waals surface area contributed by atoms with Gasteiger partial charge in [0.1, 0.15) is 0 Å². The topological polar surface area (TPSA) is 71.3 Å². The van der Waals surface area contributed by atoms with Crippen LogP contribution in [0.5, 0.6) is 0 Å². The van der Waals surface area contributed by atoms with Crippen LogP contribution in [0.4, 0.5) is 11.6 Å². The lowest BCUT2D eigenvalue weighted by atomic mass is 9.96. The van der Waals surface area contributed by atoms with E-state index in [1.54, 1.807) is 24.4 Å². The van der Waals surface area contributed by atoms with Crippen LogP contribution in [-0.2, 0) is 11.3 Å². The van der Waals surface area contributed by atoms with Crippen molar-refractivity contribution in [1.82, 2.24) is 9.55 Å². The first-order valence-electron chi connectivity index (χ1n) is 8.84. The van der Waals surface area contributed by atoms with Crippen molar-refractivity contribution in [3.8, 4) is 0 Å². The molecule has 2 rings (SSSR count). The number of hydrogen-bond acceptors (Lipinski definition) is 2. The summed E-state index contributed by atoms with van der Waals surface area (Å²) in [6.07, 6.45) is 5.70. The zero-order valence-electron chi connectivity index (χ0n) is 16.0. The fourth-order valence-electron chi connectivity index (χ4n) is 2.12. The van der Waals surface area contributed by atoms with E-state index in [-0.39, 0.29) is 11.9 Å². The summed E-state index contributed by atoms with van der Waals surface area (Å²) in [7, 11) is 0. The molecule has 0 saturated heterocycles. The van der Waals surface area contributed by atoms with Crippen molar-refractivity contribution in [2.45, 2.75) is 47.1 Å². The van der Waals surface area contributed by atoms with Crippen LogP contribution in [-0.4, -0.2) is 21.4 Å². The number of carbonyl (C=O) groups is 1. The van der Waals surface area contributed by atoms with Crippen molar-refractivity contribution < 1.29 is 4.79 Å². The Morgan fingerprint density at radius 3 is 2.59 bits per heavy atom. The van der Waals surface area contributed by atoms with E-state index in [1.165, 1.54) is 0 Å². The van der Waals surface area contributed by atoms with Gasteiger partial charge in [0, 0.05) is 30.0 Å². The van der Waals surface area contributed by atoms with Gasteiger partial charge in [-0.1, -0.05) is 57.3 Å². The maximum atomic E-state index is 12.4. The number of aryl methyl sites for hydroxylation is 1. The maximum Gasteiger partial charge on any atom is 0.254 e. The molecule has 6 nitrogen and oxygen atoms in total. The molecular formula is C19H25Cl2N5O. The summed E-state index contributed by atoms with van der Waals surface area (Å²) in [6.45, 7) is 8.41. The molecule has 1 aromatic heterocycles. The van der Waals surface area contributed by atoms with Crippen molar-refractivity contribution in [3.05, 3.63) is 40.6 Å². The predicted octanol–water partition coefficient (Wildman–Crippen LogP) is 5.44. The molecule has 0 aliphatic carbocycles. The van der Waals surface area contributed by atoms with E-state index in [1.807, 2.05) is 31.5 Å². The highest BCUT2D eigenvalue weighted by atomic mass is 35.5. The summed E-state index contributed by atoms with van der Waals surface area (Å²) < 4.78 is 1.98. The first kappa shape index (κ1) is 21.3. The van der Waals surface area contributed by atoms with Gasteiger partial charge in [0.2, 0.25) is 11.9 Å². The van der Waals surface area contributed by atoms with E-state index in [0.29, 0.717) is 21.7 Å². The summed E-state index contributed by atoms with van der Waals surface area (Å²) in [5, 5.41) is 7.07. The minimum Gasteiger partial charge on any atom is -0.326 e. The Morgan fingerprint density at radius 1 is 1.22 bits per heavy atom. The highest BCUT2D eigenvalue weighted by Crippen LogP contribution is 2.25. The Bertz CT molecular complexity index is 824. The lowest BCUT2D eigenvalue weighted by Crippen LogP contribution is -2.28. The number of nitrogens with one attached hydrogen (secondary N) is 2. The smallest absolute Gasteiger partial charge is 0.254 e. The Kier molecular flexibility index (Phi) is 7.27. The molecule has 2 aromatic rings. The van der Waals surface area contributed by atoms with Crippen LogP contribution in [0.3, 0.4) is 0 Å². The highest BCUT2D eigenvalue weighted by Gasteiger charge is 2.22. The van der Waals surface area contributed by atoms with Gasteiger partial charge in [-0.3, -0.25) is 10.1 Å². The molecule has 146 valence electrons. The summed E-state index contributed by atoms with van der Waals surface area (Å²) >= 11 is 12.1. The van der Waals surface area contributed by atoms with Gasteiger partial charge in [0.15, 0.2) is 0 Å². The van der Waals surface area contributed by atoms with Crippen LogP contribution in [0.2, 0.25) is 10.0 Å². The van der Waals surface area contributed by atoms with Gasteiger partial charge in [-0.05, 0) is 24.6 Å². The van der Waals surface area contributed by atoms with Crippen LogP contribution in [0.25, 0.3) is 0 Å². The second kappa shape index (κ2) is 9.24. The number of imidazole rings is 1. The summed E-state index contributed by atoms with van der Waals surface area (Å²) in [4.78, 5) is 21.0. The quantitative estimate of drug-likeness (QED) is 0.509. The highest BCUT2D eigenvalue weighted by molar-refractivity contribution is 6.42. The Morgan fingerprint density at radius 2 is 1.96 bits per heavy atom. The lowest BCUT2D eigenvalue weighted by Gasteiger charge is -2.17. The van der Waals surface area contributed by atoms with Crippen molar-refractivity contribution in [2.24, 2.45) is 10.4 Å².